The summed E-state index contributed by atoms with van der Waals surface area (Å²) in [5.74, 6) is 0.106. The molecule has 9 nitrogen and oxygen atoms in total. The summed E-state index contributed by atoms with van der Waals surface area (Å²) in [6.45, 7) is 7.93. The molecule has 1 amide bonds. The van der Waals surface area contributed by atoms with Gasteiger partial charge in [-0.25, -0.2) is 9.36 Å². The molecule has 0 aliphatic carbocycles. The fourth-order valence-corrected chi connectivity index (χ4v) is 3.14. The van der Waals surface area contributed by atoms with Crippen LogP contribution in [0.4, 0.5) is 5.82 Å². The highest BCUT2D eigenvalue weighted by Crippen LogP contribution is 2.25. The molecule has 2 aromatic heterocycles. The standard InChI is InChI=1S/C21H25N7O2/c1-12(2)14-5-6-15-16(9-14)20(13(3)4)26-27(21(15)30)10-19(29)24-18-8-7-17(23)28(11-22)25-18/h5-9,11-13,22-23H,10H2,1-4H3,(H,24,25,29). The van der Waals surface area contributed by atoms with Gasteiger partial charge in [0.05, 0.1) is 11.1 Å². The minimum Gasteiger partial charge on any atom is -0.308 e. The van der Waals surface area contributed by atoms with Crippen LogP contribution in [0, 0.1) is 10.8 Å². The fraction of sp³-hybridized carbons (Fsp3) is 0.333. The molecule has 0 unspecified atom stereocenters. The Labute approximate surface area is 173 Å². The highest BCUT2D eigenvalue weighted by atomic mass is 16.2. The number of carbonyl (C=O) groups is 1. The lowest BCUT2D eigenvalue weighted by Gasteiger charge is -2.15. The van der Waals surface area contributed by atoms with Crippen LogP contribution in [0.1, 0.15) is 50.8 Å². The summed E-state index contributed by atoms with van der Waals surface area (Å²) in [5.41, 5.74) is 1.57. The van der Waals surface area contributed by atoms with Gasteiger partial charge >= 0.3 is 0 Å². The van der Waals surface area contributed by atoms with Crippen LogP contribution < -0.4 is 16.4 Å². The molecule has 0 saturated carbocycles. The maximum Gasteiger partial charge on any atom is 0.275 e. The number of amides is 1. The topological polar surface area (TPSA) is 130 Å². The second kappa shape index (κ2) is 8.40. The maximum absolute atomic E-state index is 13.0. The Morgan fingerprint density at radius 2 is 1.83 bits per heavy atom. The van der Waals surface area contributed by atoms with Crippen LogP contribution in [0.5, 0.6) is 0 Å². The first-order valence-corrected chi connectivity index (χ1v) is 9.70. The van der Waals surface area contributed by atoms with Gasteiger partial charge in [-0.2, -0.15) is 5.10 Å². The Balaban J connectivity index is 1.97. The molecule has 0 radical (unpaired) electrons. The van der Waals surface area contributed by atoms with Crippen LogP contribution in [0.3, 0.4) is 0 Å². The summed E-state index contributed by atoms with van der Waals surface area (Å²) < 4.78 is 2.19. The highest BCUT2D eigenvalue weighted by molar-refractivity contribution is 5.90. The third-order valence-corrected chi connectivity index (χ3v) is 4.77. The molecule has 0 saturated heterocycles. The molecule has 3 N–H and O–H groups in total. The number of hydrogen-bond donors (Lipinski definition) is 3. The lowest BCUT2D eigenvalue weighted by Crippen LogP contribution is -2.32. The van der Waals surface area contributed by atoms with Crippen molar-refractivity contribution in [1.82, 2.24) is 19.6 Å². The first-order chi connectivity index (χ1) is 14.2. The van der Waals surface area contributed by atoms with E-state index in [2.05, 4.69) is 29.4 Å². The first kappa shape index (κ1) is 21.1. The lowest BCUT2D eigenvalue weighted by molar-refractivity contribution is -0.117. The molecule has 3 aromatic rings. The molecule has 0 bridgehead atoms. The summed E-state index contributed by atoms with van der Waals surface area (Å²) in [5, 5.41) is 27.2. The van der Waals surface area contributed by atoms with Gasteiger partial charge in [-0.15, -0.1) is 5.10 Å². The number of rotatable bonds is 6. The molecule has 1 aromatic carbocycles. The third-order valence-electron chi connectivity index (χ3n) is 4.77. The van der Waals surface area contributed by atoms with Crippen LogP contribution in [0.2, 0.25) is 0 Å². The SMILES string of the molecule is CC(C)c1ccc2c(=O)n(CC(=O)Nc3ccc(=N)n(C=N)n3)nc(C(C)C)c2c1. The number of aromatic nitrogens is 4. The number of anilines is 1. The normalized spacial score (nSPS) is 11.3. The second-order valence-electron chi connectivity index (χ2n) is 7.69. The van der Waals surface area contributed by atoms with Crippen LogP contribution >= 0.6 is 0 Å². The van der Waals surface area contributed by atoms with E-state index in [0.717, 1.165) is 27.7 Å². The predicted molar refractivity (Wildman–Crippen MR) is 115 cm³/mol. The Kier molecular flexibility index (Phi) is 5.91. The maximum atomic E-state index is 13.0. The number of carbonyl (C=O) groups excluding carboxylic acids is 1. The first-order valence-electron chi connectivity index (χ1n) is 9.70. The summed E-state index contributed by atoms with van der Waals surface area (Å²) in [7, 11) is 0. The number of nitrogens with zero attached hydrogens (tertiary/aromatic N) is 4. The summed E-state index contributed by atoms with van der Waals surface area (Å²) in [6.07, 6.45) is 0.869. The molecule has 9 heteroatoms. The molecular formula is C21H25N7O2. The van der Waals surface area contributed by atoms with E-state index >= 15 is 0 Å². The van der Waals surface area contributed by atoms with Crippen molar-refractivity contribution in [1.29, 1.82) is 10.8 Å². The van der Waals surface area contributed by atoms with E-state index in [1.165, 1.54) is 16.8 Å². The third kappa shape index (κ3) is 4.19. The number of hydrogen-bond acceptors (Lipinski definition) is 6. The van der Waals surface area contributed by atoms with Crippen LogP contribution in [0.25, 0.3) is 10.8 Å². The molecule has 2 heterocycles. The van der Waals surface area contributed by atoms with E-state index in [0.29, 0.717) is 11.3 Å². The Morgan fingerprint density at radius 1 is 1.10 bits per heavy atom. The van der Waals surface area contributed by atoms with Gasteiger partial charge in [0.15, 0.2) is 5.82 Å². The van der Waals surface area contributed by atoms with Crippen LogP contribution in [0.15, 0.2) is 35.1 Å². The number of benzene rings is 1. The van der Waals surface area contributed by atoms with Crippen molar-refractivity contribution in [3.8, 4) is 0 Å². The largest absolute Gasteiger partial charge is 0.308 e. The Bertz CT molecular complexity index is 1240. The van der Waals surface area contributed by atoms with E-state index in [4.69, 9.17) is 10.8 Å². The molecule has 0 aliphatic rings. The van der Waals surface area contributed by atoms with Crippen molar-refractivity contribution < 1.29 is 4.79 Å². The lowest BCUT2D eigenvalue weighted by atomic mass is 9.96. The summed E-state index contributed by atoms with van der Waals surface area (Å²) in [4.78, 5) is 25.5. The van der Waals surface area contributed by atoms with Crippen molar-refractivity contribution in [2.75, 3.05) is 5.32 Å². The van der Waals surface area contributed by atoms with E-state index in [1.54, 1.807) is 6.07 Å². The molecule has 0 atom stereocenters. The van der Waals surface area contributed by atoms with Gasteiger partial charge in [-0.05, 0) is 41.7 Å². The van der Waals surface area contributed by atoms with Crippen LogP contribution in [-0.2, 0) is 11.3 Å². The fourth-order valence-electron chi connectivity index (χ4n) is 3.14. The predicted octanol–water partition coefficient (Wildman–Crippen LogP) is 2.41. The van der Waals surface area contributed by atoms with E-state index < -0.39 is 5.91 Å². The zero-order chi connectivity index (χ0) is 22.0. The molecule has 0 fully saturated rings. The van der Waals surface area contributed by atoms with Gasteiger partial charge < -0.3 is 5.32 Å². The van der Waals surface area contributed by atoms with E-state index in [-0.39, 0.29) is 29.3 Å². The van der Waals surface area contributed by atoms with Crippen molar-refractivity contribution in [2.45, 2.75) is 46.1 Å². The second-order valence-corrected chi connectivity index (χ2v) is 7.69. The van der Waals surface area contributed by atoms with Gasteiger partial charge in [0.1, 0.15) is 18.4 Å². The molecule has 0 spiro atoms. The van der Waals surface area contributed by atoms with Crippen molar-refractivity contribution in [3.05, 3.63) is 57.4 Å². The van der Waals surface area contributed by atoms with Gasteiger partial charge in [0.25, 0.3) is 5.56 Å². The number of fused-ring (bicyclic) bond motifs is 1. The minimum atomic E-state index is -0.473. The molecule has 30 heavy (non-hydrogen) atoms. The zero-order valence-corrected chi connectivity index (χ0v) is 17.4. The van der Waals surface area contributed by atoms with E-state index in [9.17, 15) is 9.59 Å². The summed E-state index contributed by atoms with van der Waals surface area (Å²) >= 11 is 0. The van der Waals surface area contributed by atoms with Gasteiger partial charge in [-0.3, -0.25) is 20.4 Å². The minimum absolute atomic E-state index is 0.0118. The molecule has 0 aliphatic heterocycles. The van der Waals surface area contributed by atoms with Gasteiger partial charge in [0, 0.05) is 5.39 Å². The Hall–Kier alpha value is -3.62. The van der Waals surface area contributed by atoms with Crippen LogP contribution in [-0.4, -0.2) is 31.8 Å². The Morgan fingerprint density at radius 3 is 2.47 bits per heavy atom. The van der Waals surface area contributed by atoms with E-state index in [1.807, 2.05) is 26.0 Å². The van der Waals surface area contributed by atoms with Gasteiger partial charge in [0.2, 0.25) is 5.91 Å². The smallest absolute Gasteiger partial charge is 0.275 e. The molecular weight excluding hydrogens is 382 g/mol. The highest BCUT2D eigenvalue weighted by Gasteiger charge is 2.16. The van der Waals surface area contributed by atoms with Gasteiger partial charge in [-0.1, -0.05) is 33.8 Å². The summed E-state index contributed by atoms with van der Waals surface area (Å²) in [6, 6.07) is 8.62. The average Bonchev–Trinajstić information content (AvgIpc) is 2.70. The van der Waals surface area contributed by atoms with Crippen molar-refractivity contribution >= 4 is 28.8 Å². The molecule has 156 valence electrons. The molecule has 3 rings (SSSR count). The van der Waals surface area contributed by atoms with Crippen molar-refractivity contribution in [2.24, 2.45) is 0 Å². The number of nitrogens with one attached hydrogen (secondary N) is 3. The quantitative estimate of drug-likeness (QED) is 0.428. The average molecular weight is 407 g/mol. The zero-order valence-electron chi connectivity index (χ0n) is 17.4. The monoisotopic (exact) mass is 407 g/mol. The van der Waals surface area contributed by atoms with Crippen molar-refractivity contribution in [3.63, 3.8) is 0 Å².